The Balaban J connectivity index is 2.02. The Morgan fingerprint density at radius 2 is 1.88 bits per heavy atom. The third-order valence-electron chi connectivity index (χ3n) is 3.29. The smallest absolute Gasteiger partial charge is 0.328 e. The molecule has 2 aromatic heterocycles. The van der Waals surface area contributed by atoms with E-state index in [0.29, 0.717) is 11.0 Å². The minimum Gasteiger partial charge on any atom is -0.494 e. The standard InChI is InChI=1S/C16H10N2O6/c19-10(12-14(21)17-16(23)18-15(12)22)6-5-8-7-24-11-4-2-1-3-9(11)13(8)20/h1-7H,(H3,17,18,21,22,23)/b6-5+. The minimum absolute atomic E-state index is 0.0994. The number of hydrogen-bond donors (Lipinski definition) is 3. The number of para-hydroxylation sites is 1. The molecular weight excluding hydrogens is 316 g/mol. The fourth-order valence-electron chi connectivity index (χ4n) is 2.16. The first kappa shape index (κ1) is 15.2. The van der Waals surface area contributed by atoms with Gasteiger partial charge in [0.25, 0.3) is 5.56 Å². The fraction of sp³-hybridized carbons (Fsp3) is 0. The largest absolute Gasteiger partial charge is 0.494 e. The average Bonchev–Trinajstić information content (AvgIpc) is 2.53. The number of H-pyrrole nitrogens is 2. The molecule has 0 saturated heterocycles. The summed E-state index contributed by atoms with van der Waals surface area (Å²) >= 11 is 0. The van der Waals surface area contributed by atoms with E-state index >= 15 is 0 Å². The van der Waals surface area contributed by atoms with Crippen molar-refractivity contribution in [2.75, 3.05) is 0 Å². The molecule has 0 fully saturated rings. The van der Waals surface area contributed by atoms with E-state index in [2.05, 4.69) is 0 Å². The van der Waals surface area contributed by atoms with Gasteiger partial charge in [-0.05, 0) is 24.3 Å². The highest BCUT2D eigenvalue weighted by atomic mass is 16.3. The third-order valence-corrected chi connectivity index (χ3v) is 3.29. The van der Waals surface area contributed by atoms with Crippen LogP contribution >= 0.6 is 0 Å². The van der Waals surface area contributed by atoms with Crippen LogP contribution < -0.4 is 16.7 Å². The maximum atomic E-state index is 12.3. The first-order valence-corrected chi connectivity index (χ1v) is 6.76. The Bertz CT molecular complexity index is 1150. The van der Waals surface area contributed by atoms with Crippen LogP contribution in [-0.4, -0.2) is 20.9 Å². The molecule has 2 heterocycles. The van der Waals surface area contributed by atoms with Gasteiger partial charge in [0.05, 0.1) is 10.9 Å². The van der Waals surface area contributed by atoms with Gasteiger partial charge in [0.1, 0.15) is 17.4 Å². The molecule has 8 heteroatoms. The highest BCUT2D eigenvalue weighted by Crippen LogP contribution is 2.12. The zero-order valence-electron chi connectivity index (χ0n) is 12.0. The van der Waals surface area contributed by atoms with E-state index < -0.39 is 28.5 Å². The molecule has 3 rings (SSSR count). The number of allylic oxidation sites excluding steroid dienone is 1. The molecule has 3 N–H and O–H groups in total. The van der Waals surface area contributed by atoms with Crippen molar-refractivity contribution in [3.8, 4) is 5.88 Å². The van der Waals surface area contributed by atoms with Crippen molar-refractivity contribution < 1.29 is 14.3 Å². The lowest BCUT2D eigenvalue weighted by molar-refractivity contribution is 0.104. The van der Waals surface area contributed by atoms with Crippen molar-refractivity contribution in [1.29, 1.82) is 0 Å². The van der Waals surface area contributed by atoms with E-state index in [0.717, 1.165) is 6.08 Å². The molecule has 0 radical (unpaired) electrons. The summed E-state index contributed by atoms with van der Waals surface area (Å²) in [6, 6.07) is 6.61. The molecule has 0 spiro atoms. The van der Waals surface area contributed by atoms with Gasteiger partial charge < -0.3 is 9.52 Å². The van der Waals surface area contributed by atoms with Gasteiger partial charge in [0.15, 0.2) is 11.2 Å². The quantitative estimate of drug-likeness (QED) is 0.481. The lowest BCUT2D eigenvalue weighted by Gasteiger charge is -1.99. The number of aromatic nitrogens is 2. The van der Waals surface area contributed by atoms with E-state index in [4.69, 9.17) is 4.42 Å². The average molecular weight is 326 g/mol. The molecule has 0 aliphatic heterocycles. The highest BCUT2D eigenvalue weighted by molar-refractivity contribution is 6.08. The zero-order chi connectivity index (χ0) is 17.3. The minimum atomic E-state index is -1.03. The van der Waals surface area contributed by atoms with Gasteiger partial charge in [0.2, 0.25) is 5.88 Å². The van der Waals surface area contributed by atoms with Crippen LogP contribution in [0.2, 0.25) is 0 Å². The second kappa shape index (κ2) is 5.84. The third kappa shape index (κ3) is 2.68. The van der Waals surface area contributed by atoms with Crippen LogP contribution in [0.25, 0.3) is 17.0 Å². The predicted octanol–water partition coefficient (Wildman–Crippen LogP) is 0.771. The first-order valence-electron chi connectivity index (χ1n) is 6.76. The molecular formula is C16H10N2O6. The number of aromatic hydroxyl groups is 1. The topological polar surface area (TPSA) is 133 Å². The second-order valence-electron chi connectivity index (χ2n) is 4.85. The lowest BCUT2D eigenvalue weighted by atomic mass is 10.1. The summed E-state index contributed by atoms with van der Waals surface area (Å²) in [5, 5.41) is 9.87. The summed E-state index contributed by atoms with van der Waals surface area (Å²) in [4.78, 5) is 50.6. The molecule has 120 valence electrons. The fourth-order valence-corrected chi connectivity index (χ4v) is 2.16. The number of fused-ring (bicyclic) bond motifs is 1. The van der Waals surface area contributed by atoms with Gasteiger partial charge in [-0.1, -0.05) is 12.1 Å². The zero-order valence-corrected chi connectivity index (χ0v) is 12.0. The van der Waals surface area contributed by atoms with Gasteiger partial charge in [-0.2, -0.15) is 0 Å². The summed E-state index contributed by atoms with van der Waals surface area (Å²) in [5.74, 6) is -1.72. The molecule has 0 bridgehead atoms. The van der Waals surface area contributed by atoms with Gasteiger partial charge >= 0.3 is 5.69 Å². The van der Waals surface area contributed by atoms with Crippen molar-refractivity contribution in [2.45, 2.75) is 0 Å². The van der Waals surface area contributed by atoms with E-state index in [9.17, 15) is 24.3 Å². The van der Waals surface area contributed by atoms with Gasteiger partial charge in [0, 0.05) is 0 Å². The monoisotopic (exact) mass is 326 g/mol. The maximum absolute atomic E-state index is 12.3. The molecule has 0 unspecified atom stereocenters. The first-order chi connectivity index (χ1) is 11.5. The molecule has 0 atom stereocenters. The van der Waals surface area contributed by atoms with E-state index in [-0.39, 0.29) is 11.0 Å². The van der Waals surface area contributed by atoms with Crippen molar-refractivity contribution in [2.24, 2.45) is 0 Å². The number of ketones is 1. The Hall–Kier alpha value is -3.68. The normalized spacial score (nSPS) is 11.2. The van der Waals surface area contributed by atoms with Crippen LogP contribution in [-0.2, 0) is 0 Å². The number of rotatable bonds is 3. The molecule has 24 heavy (non-hydrogen) atoms. The van der Waals surface area contributed by atoms with Crippen LogP contribution in [0.5, 0.6) is 5.88 Å². The van der Waals surface area contributed by atoms with Gasteiger partial charge in [-0.25, -0.2) is 4.79 Å². The Kier molecular flexibility index (Phi) is 3.70. The van der Waals surface area contributed by atoms with Crippen molar-refractivity contribution in [3.63, 3.8) is 0 Å². The Labute approximate surface area is 132 Å². The second-order valence-corrected chi connectivity index (χ2v) is 4.85. The molecule has 3 aromatic rings. The van der Waals surface area contributed by atoms with Crippen LogP contribution in [0, 0.1) is 0 Å². The lowest BCUT2D eigenvalue weighted by Crippen LogP contribution is -2.27. The Morgan fingerprint density at radius 1 is 1.12 bits per heavy atom. The van der Waals surface area contributed by atoms with Gasteiger partial charge in [-0.15, -0.1) is 0 Å². The van der Waals surface area contributed by atoms with E-state index in [1.165, 1.54) is 12.3 Å². The van der Waals surface area contributed by atoms with Crippen LogP contribution in [0.4, 0.5) is 0 Å². The number of carbonyl (C=O) groups is 1. The number of aromatic amines is 2. The number of hydrogen-bond acceptors (Lipinski definition) is 6. The molecule has 0 aliphatic rings. The number of nitrogens with one attached hydrogen (secondary N) is 2. The van der Waals surface area contributed by atoms with Crippen LogP contribution in [0.1, 0.15) is 15.9 Å². The highest BCUT2D eigenvalue weighted by Gasteiger charge is 2.15. The summed E-state index contributed by atoms with van der Waals surface area (Å²) in [6.45, 7) is 0. The molecule has 8 nitrogen and oxygen atoms in total. The van der Waals surface area contributed by atoms with Crippen molar-refractivity contribution >= 4 is 22.8 Å². The summed E-state index contributed by atoms with van der Waals surface area (Å²) in [5.41, 5.74) is -2.44. The number of benzene rings is 1. The summed E-state index contributed by atoms with van der Waals surface area (Å²) in [6.07, 6.45) is 3.29. The molecule has 0 saturated carbocycles. The van der Waals surface area contributed by atoms with Crippen LogP contribution in [0.3, 0.4) is 0 Å². The van der Waals surface area contributed by atoms with Crippen LogP contribution in [0.15, 0.2) is 55.4 Å². The predicted molar refractivity (Wildman–Crippen MR) is 85.2 cm³/mol. The number of carbonyl (C=O) groups excluding carboxylic acids is 1. The maximum Gasteiger partial charge on any atom is 0.328 e. The van der Waals surface area contributed by atoms with Crippen molar-refractivity contribution in [1.82, 2.24) is 9.97 Å². The van der Waals surface area contributed by atoms with E-state index in [1.54, 1.807) is 24.3 Å². The molecule has 0 amide bonds. The SMILES string of the molecule is O=C(/C=C/c1coc2ccccc2c1=O)c1c(O)[nH]c(=O)[nH]c1=O. The summed E-state index contributed by atoms with van der Waals surface area (Å²) < 4.78 is 5.30. The van der Waals surface area contributed by atoms with E-state index in [1.807, 2.05) is 9.97 Å². The summed E-state index contributed by atoms with van der Waals surface area (Å²) in [7, 11) is 0. The van der Waals surface area contributed by atoms with Gasteiger partial charge in [-0.3, -0.25) is 24.4 Å². The molecule has 1 aromatic carbocycles. The van der Waals surface area contributed by atoms with Crippen molar-refractivity contribution in [3.05, 3.63) is 78.8 Å². The Morgan fingerprint density at radius 3 is 2.62 bits per heavy atom. The molecule has 0 aliphatic carbocycles.